The van der Waals surface area contributed by atoms with Crippen LogP contribution in [0.1, 0.15) is 52.5 Å². The van der Waals surface area contributed by atoms with Crippen LogP contribution in [0.4, 0.5) is 0 Å². The summed E-state index contributed by atoms with van der Waals surface area (Å²) >= 11 is 0. The molecule has 1 atom stereocenters. The number of ether oxygens (including phenoxy) is 1. The van der Waals surface area contributed by atoms with Crippen LogP contribution in [0.25, 0.3) is 0 Å². The smallest absolute Gasteiger partial charge is 0.260 e. The number of amides is 3. The molecule has 1 aromatic carbocycles. The van der Waals surface area contributed by atoms with Gasteiger partial charge in [0.25, 0.3) is 5.91 Å². The van der Waals surface area contributed by atoms with E-state index < -0.39 is 0 Å². The van der Waals surface area contributed by atoms with Crippen LogP contribution in [0, 0.1) is 5.92 Å². The first-order valence-electron chi connectivity index (χ1n) is 11.8. The lowest BCUT2D eigenvalue weighted by Crippen LogP contribution is -2.44. The first-order chi connectivity index (χ1) is 15.2. The normalized spacial score (nSPS) is 19.8. The van der Waals surface area contributed by atoms with E-state index in [-0.39, 0.29) is 42.2 Å². The molecule has 3 amide bonds. The molecule has 2 heterocycles. The summed E-state index contributed by atoms with van der Waals surface area (Å²) in [5.74, 6) is 0.416. The lowest BCUT2D eigenvalue weighted by Gasteiger charge is -2.32. The predicted molar refractivity (Wildman–Crippen MR) is 123 cm³/mol. The van der Waals surface area contributed by atoms with E-state index in [9.17, 15) is 14.4 Å². The average molecular weight is 444 g/mol. The highest BCUT2D eigenvalue weighted by atomic mass is 16.5. The second kappa shape index (κ2) is 10.4. The van der Waals surface area contributed by atoms with Gasteiger partial charge in [0.2, 0.25) is 11.8 Å². The van der Waals surface area contributed by atoms with E-state index in [0.29, 0.717) is 38.5 Å². The molecule has 3 rings (SSSR count). The maximum Gasteiger partial charge on any atom is 0.260 e. The van der Waals surface area contributed by atoms with Crippen LogP contribution >= 0.6 is 0 Å². The molecular weight excluding hydrogens is 406 g/mol. The quantitative estimate of drug-likeness (QED) is 0.678. The van der Waals surface area contributed by atoms with Gasteiger partial charge in [0.15, 0.2) is 6.61 Å². The van der Waals surface area contributed by atoms with E-state index in [1.807, 2.05) is 49.9 Å². The molecule has 0 N–H and O–H groups in total. The summed E-state index contributed by atoms with van der Waals surface area (Å²) in [4.78, 5) is 43.5. The molecule has 0 spiro atoms. The highest BCUT2D eigenvalue weighted by molar-refractivity contribution is 5.89. The number of benzene rings is 1. The Morgan fingerprint density at radius 1 is 1.03 bits per heavy atom. The fraction of sp³-hybridized carbons (Fsp3) is 0.640. The number of likely N-dealkylation sites (tertiary alicyclic amines) is 1. The second-order valence-corrected chi connectivity index (χ2v) is 9.82. The molecule has 2 fully saturated rings. The molecule has 32 heavy (non-hydrogen) atoms. The van der Waals surface area contributed by atoms with Gasteiger partial charge >= 0.3 is 0 Å². The van der Waals surface area contributed by atoms with Crippen LogP contribution < -0.4 is 4.74 Å². The Kier molecular flexibility index (Phi) is 7.80. The maximum absolute atomic E-state index is 13.1. The highest BCUT2D eigenvalue weighted by Gasteiger charge is 2.41. The Morgan fingerprint density at radius 3 is 2.31 bits per heavy atom. The largest absolute Gasteiger partial charge is 0.484 e. The van der Waals surface area contributed by atoms with Gasteiger partial charge in [-0.3, -0.25) is 14.4 Å². The molecule has 0 saturated carbocycles. The summed E-state index contributed by atoms with van der Waals surface area (Å²) in [6.07, 6.45) is 3.14. The fourth-order valence-electron chi connectivity index (χ4n) is 4.44. The molecule has 2 aliphatic heterocycles. The van der Waals surface area contributed by atoms with Gasteiger partial charge in [0.05, 0.1) is 5.92 Å². The van der Waals surface area contributed by atoms with E-state index >= 15 is 0 Å². The van der Waals surface area contributed by atoms with Crippen molar-refractivity contribution in [3.63, 3.8) is 0 Å². The van der Waals surface area contributed by atoms with Crippen molar-refractivity contribution in [3.05, 3.63) is 29.8 Å². The standard InChI is InChI=1S/C25H37N3O4/c1-5-7-19-8-10-21(11-9-19)32-18-23(30)26-12-6-13-27(15-14-26)24(31)20-16-22(29)28(17-20)25(2,3)4/h8-11,20H,5-7,12-18H2,1-4H3. The first-order valence-corrected chi connectivity index (χ1v) is 11.8. The van der Waals surface area contributed by atoms with E-state index in [4.69, 9.17) is 4.74 Å². The molecule has 0 radical (unpaired) electrons. The Morgan fingerprint density at radius 2 is 1.69 bits per heavy atom. The van der Waals surface area contributed by atoms with Crippen LogP contribution in [0.5, 0.6) is 5.75 Å². The number of nitrogens with zero attached hydrogens (tertiary/aromatic N) is 3. The van der Waals surface area contributed by atoms with Crippen molar-refractivity contribution in [2.75, 3.05) is 39.3 Å². The summed E-state index contributed by atoms with van der Waals surface area (Å²) in [7, 11) is 0. The zero-order valence-electron chi connectivity index (χ0n) is 19.9. The fourth-order valence-corrected chi connectivity index (χ4v) is 4.44. The van der Waals surface area contributed by atoms with Crippen molar-refractivity contribution in [3.8, 4) is 5.75 Å². The Balaban J connectivity index is 1.48. The van der Waals surface area contributed by atoms with Crippen LogP contribution in [-0.4, -0.2) is 77.3 Å². The molecular formula is C25H37N3O4. The Bertz CT molecular complexity index is 815. The van der Waals surface area contributed by atoms with E-state index in [0.717, 1.165) is 19.3 Å². The van der Waals surface area contributed by atoms with Crippen molar-refractivity contribution in [2.45, 2.75) is 58.9 Å². The van der Waals surface area contributed by atoms with Crippen LogP contribution in [0.2, 0.25) is 0 Å². The summed E-state index contributed by atoms with van der Waals surface area (Å²) in [5, 5.41) is 0. The predicted octanol–water partition coefficient (Wildman–Crippen LogP) is 2.73. The minimum Gasteiger partial charge on any atom is -0.484 e. The molecule has 0 bridgehead atoms. The molecule has 2 aliphatic rings. The van der Waals surface area contributed by atoms with Gasteiger partial charge in [0.1, 0.15) is 5.75 Å². The van der Waals surface area contributed by atoms with Gasteiger partial charge in [0, 0.05) is 44.7 Å². The number of aryl methyl sites for hydroxylation is 1. The summed E-state index contributed by atoms with van der Waals surface area (Å²) in [6, 6.07) is 7.89. The van der Waals surface area contributed by atoms with Gasteiger partial charge in [-0.25, -0.2) is 0 Å². The number of hydrogen-bond donors (Lipinski definition) is 0. The Hall–Kier alpha value is -2.57. The monoisotopic (exact) mass is 443 g/mol. The third kappa shape index (κ3) is 6.02. The lowest BCUT2D eigenvalue weighted by molar-refractivity contribution is -0.137. The van der Waals surface area contributed by atoms with Crippen LogP contribution in [0.15, 0.2) is 24.3 Å². The van der Waals surface area contributed by atoms with Crippen LogP contribution in [0.3, 0.4) is 0 Å². The molecule has 7 nitrogen and oxygen atoms in total. The lowest BCUT2D eigenvalue weighted by atomic mass is 10.1. The summed E-state index contributed by atoms with van der Waals surface area (Å²) < 4.78 is 5.69. The first kappa shape index (κ1) is 24.1. The zero-order chi connectivity index (χ0) is 23.3. The SMILES string of the molecule is CCCc1ccc(OCC(=O)N2CCCN(C(=O)C3CC(=O)N(C(C)(C)C)C3)CC2)cc1. The van der Waals surface area contributed by atoms with Gasteiger partial charge in [-0.1, -0.05) is 25.5 Å². The summed E-state index contributed by atoms with van der Waals surface area (Å²) in [6.45, 7) is 10.8. The van der Waals surface area contributed by atoms with Crippen LogP contribution in [-0.2, 0) is 20.8 Å². The number of rotatable bonds is 6. The van der Waals surface area contributed by atoms with Crippen molar-refractivity contribution in [2.24, 2.45) is 5.92 Å². The zero-order valence-corrected chi connectivity index (χ0v) is 19.9. The molecule has 0 aliphatic carbocycles. The van der Waals surface area contributed by atoms with Gasteiger partial charge < -0.3 is 19.4 Å². The van der Waals surface area contributed by atoms with Crippen molar-refractivity contribution >= 4 is 17.7 Å². The highest BCUT2D eigenvalue weighted by Crippen LogP contribution is 2.27. The van der Waals surface area contributed by atoms with E-state index in [1.54, 1.807) is 9.80 Å². The van der Waals surface area contributed by atoms with Gasteiger partial charge in [-0.15, -0.1) is 0 Å². The molecule has 176 valence electrons. The van der Waals surface area contributed by atoms with E-state index in [2.05, 4.69) is 6.92 Å². The second-order valence-electron chi connectivity index (χ2n) is 9.82. The molecule has 0 aromatic heterocycles. The minimum absolute atomic E-state index is 0.00125. The van der Waals surface area contributed by atoms with Crippen molar-refractivity contribution in [1.82, 2.24) is 14.7 Å². The topological polar surface area (TPSA) is 70.2 Å². The van der Waals surface area contributed by atoms with Crippen molar-refractivity contribution < 1.29 is 19.1 Å². The van der Waals surface area contributed by atoms with E-state index in [1.165, 1.54) is 5.56 Å². The minimum atomic E-state index is -0.289. The third-order valence-electron chi connectivity index (χ3n) is 6.27. The molecule has 1 unspecified atom stereocenters. The molecule has 1 aromatic rings. The molecule has 2 saturated heterocycles. The maximum atomic E-state index is 13.1. The van der Waals surface area contributed by atoms with Crippen molar-refractivity contribution in [1.29, 1.82) is 0 Å². The molecule has 7 heteroatoms. The number of carbonyl (C=O) groups excluding carboxylic acids is 3. The number of carbonyl (C=O) groups is 3. The average Bonchev–Trinajstić information content (AvgIpc) is 2.99. The van der Waals surface area contributed by atoms with Gasteiger partial charge in [-0.2, -0.15) is 0 Å². The summed E-state index contributed by atoms with van der Waals surface area (Å²) in [5.41, 5.74) is 0.989. The Labute approximate surface area is 191 Å². The third-order valence-corrected chi connectivity index (χ3v) is 6.27. The van der Waals surface area contributed by atoms with Gasteiger partial charge in [-0.05, 0) is 51.3 Å². The number of hydrogen-bond acceptors (Lipinski definition) is 4.